The van der Waals surface area contributed by atoms with E-state index in [2.05, 4.69) is 19.2 Å². The van der Waals surface area contributed by atoms with Crippen molar-refractivity contribution >= 4 is 17.2 Å². The van der Waals surface area contributed by atoms with E-state index in [0.717, 1.165) is 15.3 Å². The number of amides is 1. The molecule has 3 rings (SSSR count). The summed E-state index contributed by atoms with van der Waals surface area (Å²) >= 11 is 1.49. The van der Waals surface area contributed by atoms with E-state index in [4.69, 9.17) is 4.74 Å². The third-order valence-electron chi connectivity index (χ3n) is 4.44. The van der Waals surface area contributed by atoms with Gasteiger partial charge in [0.05, 0.1) is 6.54 Å². The van der Waals surface area contributed by atoms with Crippen LogP contribution in [0.3, 0.4) is 0 Å². The number of carbonyl (C=O) groups excluding carboxylic acids is 1. The summed E-state index contributed by atoms with van der Waals surface area (Å²) in [7, 11) is 0. The molecule has 1 amide bonds. The van der Waals surface area contributed by atoms with Crippen LogP contribution in [-0.2, 0) is 11.3 Å². The molecule has 2 aromatic carbocycles. The molecule has 0 radical (unpaired) electrons. The summed E-state index contributed by atoms with van der Waals surface area (Å²) in [5, 5.41) is 13.3. The normalized spacial score (nSPS) is 12.0. The van der Waals surface area contributed by atoms with E-state index in [1.54, 1.807) is 0 Å². The van der Waals surface area contributed by atoms with Gasteiger partial charge in [-0.3, -0.25) is 4.79 Å². The summed E-state index contributed by atoms with van der Waals surface area (Å²) in [5.41, 5.74) is 2.10. The minimum Gasteiger partial charge on any atom is -0.484 e. The Labute approximate surface area is 169 Å². The maximum atomic E-state index is 12.0. The summed E-state index contributed by atoms with van der Waals surface area (Å²) in [5.74, 6) is 0.976. The van der Waals surface area contributed by atoms with E-state index in [9.17, 15) is 9.90 Å². The van der Waals surface area contributed by atoms with Crippen LogP contribution in [0.4, 0.5) is 0 Å². The zero-order chi connectivity index (χ0) is 19.9. The first-order valence-electron chi connectivity index (χ1n) is 9.34. The summed E-state index contributed by atoms with van der Waals surface area (Å²) in [6.07, 6.45) is -0.646. The summed E-state index contributed by atoms with van der Waals surface area (Å²) in [6.45, 7) is 4.67. The molecule has 1 unspecified atom stereocenters. The lowest BCUT2D eigenvalue weighted by Crippen LogP contribution is -2.28. The van der Waals surface area contributed by atoms with Gasteiger partial charge in [0.25, 0.3) is 5.91 Å². The minimum atomic E-state index is -0.646. The smallest absolute Gasteiger partial charge is 0.258 e. The van der Waals surface area contributed by atoms with Gasteiger partial charge in [0.1, 0.15) is 11.9 Å². The number of hydrogen-bond acceptors (Lipinski definition) is 4. The number of aliphatic hydroxyl groups is 1. The topological polar surface area (TPSA) is 58.6 Å². The molecule has 1 aromatic heterocycles. The molecular weight excluding hydrogens is 370 g/mol. The molecule has 5 heteroatoms. The molecule has 2 N–H and O–H groups in total. The van der Waals surface area contributed by atoms with Crippen molar-refractivity contribution in [3.8, 4) is 5.75 Å². The maximum Gasteiger partial charge on any atom is 0.258 e. The van der Waals surface area contributed by atoms with E-state index >= 15 is 0 Å². The highest BCUT2D eigenvalue weighted by Gasteiger charge is 2.13. The van der Waals surface area contributed by atoms with Crippen LogP contribution in [0.15, 0.2) is 66.7 Å². The van der Waals surface area contributed by atoms with Gasteiger partial charge in [0.2, 0.25) is 0 Å². The molecule has 0 aliphatic heterocycles. The number of rotatable bonds is 8. The lowest BCUT2D eigenvalue weighted by atomic mass is 10.0. The molecule has 4 nitrogen and oxygen atoms in total. The van der Waals surface area contributed by atoms with Crippen LogP contribution in [0.25, 0.3) is 0 Å². The van der Waals surface area contributed by atoms with Crippen molar-refractivity contribution in [2.45, 2.75) is 32.4 Å². The Hall–Kier alpha value is -2.63. The number of benzene rings is 2. The lowest BCUT2D eigenvalue weighted by molar-refractivity contribution is -0.123. The van der Waals surface area contributed by atoms with Crippen molar-refractivity contribution in [3.63, 3.8) is 0 Å². The fourth-order valence-corrected chi connectivity index (χ4v) is 3.74. The third kappa shape index (κ3) is 5.44. The third-order valence-corrected chi connectivity index (χ3v) is 5.58. The van der Waals surface area contributed by atoms with Crippen molar-refractivity contribution in [1.29, 1.82) is 0 Å². The molecule has 0 aliphatic rings. The Kier molecular flexibility index (Phi) is 6.85. The van der Waals surface area contributed by atoms with Crippen molar-refractivity contribution in [3.05, 3.63) is 87.6 Å². The highest BCUT2D eigenvalue weighted by atomic mass is 32.1. The Morgan fingerprint density at radius 2 is 1.71 bits per heavy atom. The first-order valence-corrected chi connectivity index (χ1v) is 10.2. The Morgan fingerprint density at radius 1 is 1.00 bits per heavy atom. The molecule has 28 heavy (non-hydrogen) atoms. The van der Waals surface area contributed by atoms with Gasteiger partial charge in [-0.05, 0) is 41.3 Å². The van der Waals surface area contributed by atoms with Crippen LogP contribution in [-0.4, -0.2) is 17.6 Å². The number of hydrogen-bond donors (Lipinski definition) is 2. The zero-order valence-electron chi connectivity index (χ0n) is 16.1. The Bertz CT molecular complexity index is 888. The molecule has 0 saturated heterocycles. The van der Waals surface area contributed by atoms with Crippen molar-refractivity contribution in [2.75, 3.05) is 6.61 Å². The largest absolute Gasteiger partial charge is 0.484 e. The quantitative estimate of drug-likeness (QED) is 0.584. The van der Waals surface area contributed by atoms with Gasteiger partial charge < -0.3 is 15.2 Å². The summed E-state index contributed by atoms with van der Waals surface area (Å²) < 4.78 is 5.54. The monoisotopic (exact) mass is 395 g/mol. The summed E-state index contributed by atoms with van der Waals surface area (Å²) in [4.78, 5) is 13.9. The fraction of sp³-hybridized carbons (Fsp3) is 0.261. The maximum absolute atomic E-state index is 12.0. The predicted octanol–water partition coefficient (Wildman–Crippen LogP) is 4.65. The number of thiophene rings is 1. The summed E-state index contributed by atoms with van der Waals surface area (Å²) in [6, 6.07) is 21.2. The van der Waals surface area contributed by atoms with Gasteiger partial charge in [-0.1, -0.05) is 56.3 Å². The van der Waals surface area contributed by atoms with Gasteiger partial charge in [-0.2, -0.15) is 0 Å². The number of nitrogens with one attached hydrogen (secondary N) is 1. The average molecular weight is 396 g/mol. The minimum absolute atomic E-state index is 0.0219. The Morgan fingerprint density at radius 3 is 2.39 bits per heavy atom. The second-order valence-electron chi connectivity index (χ2n) is 6.91. The molecule has 0 fully saturated rings. The molecule has 0 bridgehead atoms. The number of ether oxygens (including phenoxy) is 1. The van der Waals surface area contributed by atoms with Crippen molar-refractivity contribution in [1.82, 2.24) is 5.32 Å². The highest BCUT2D eigenvalue weighted by molar-refractivity contribution is 7.12. The average Bonchev–Trinajstić information content (AvgIpc) is 3.20. The lowest BCUT2D eigenvalue weighted by Gasteiger charge is -2.09. The van der Waals surface area contributed by atoms with Crippen LogP contribution in [0.1, 0.15) is 46.8 Å². The van der Waals surface area contributed by atoms with Crippen LogP contribution in [0, 0.1) is 0 Å². The van der Waals surface area contributed by atoms with E-state index in [0.29, 0.717) is 18.2 Å². The van der Waals surface area contributed by atoms with Crippen molar-refractivity contribution < 1.29 is 14.6 Å². The molecule has 146 valence electrons. The van der Waals surface area contributed by atoms with Crippen LogP contribution in [0.5, 0.6) is 5.75 Å². The van der Waals surface area contributed by atoms with E-state index in [1.807, 2.05) is 66.7 Å². The van der Waals surface area contributed by atoms with Crippen molar-refractivity contribution in [2.24, 2.45) is 0 Å². The zero-order valence-corrected chi connectivity index (χ0v) is 16.9. The van der Waals surface area contributed by atoms with Crippen LogP contribution >= 0.6 is 11.3 Å². The van der Waals surface area contributed by atoms with E-state index in [-0.39, 0.29) is 12.5 Å². The van der Waals surface area contributed by atoms with Gasteiger partial charge in [0.15, 0.2) is 6.61 Å². The van der Waals surface area contributed by atoms with Gasteiger partial charge in [-0.25, -0.2) is 0 Å². The number of carbonyl (C=O) groups is 1. The first kappa shape index (κ1) is 20.1. The molecular formula is C23H25NO3S. The molecule has 0 aliphatic carbocycles. The van der Waals surface area contributed by atoms with Crippen LogP contribution < -0.4 is 10.1 Å². The van der Waals surface area contributed by atoms with E-state index in [1.165, 1.54) is 16.9 Å². The van der Waals surface area contributed by atoms with Gasteiger partial charge in [-0.15, -0.1) is 11.3 Å². The second kappa shape index (κ2) is 9.53. The first-order chi connectivity index (χ1) is 13.5. The number of aliphatic hydroxyl groups excluding tert-OH is 1. The van der Waals surface area contributed by atoms with Gasteiger partial charge in [0, 0.05) is 9.75 Å². The van der Waals surface area contributed by atoms with Crippen LogP contribution in [0.2, 0.25) is 0 Å². The standard InChI is InChI=1S/C23H25NO3S/c1-16(2)17-8-10-19(11-9-17)27-15-22(25)24-14-20-12-13-21(28-20)23(26)18-6-4-3-5-7-18/h3-13,16,23,26H,14-15H2,1-2H3,(H,24,25). The predicted molar refractivity (Wildman–Crippen MR) is 113 cm³/mol. The second-order valence-corrected chi connectivity index (χ2v) is 8.11. The van der Waals surface area contributed by atoms with E-state index < -0.39 is 6.10 Å². The Balaban J connectivity index is 1.46. The van der Waals surface area contributed by atoms with Gasteiger partial charge >= 0.3 is 0 Å². The molecule has 0 spiro atoms. The molecule has 0 saturated carbocycles. The highest BCUT2D eigenvalue weighted by Crippen LogP contribution is 2.28. The fourth-order valence-electron chi connectivity index (χ4n) is 2.77. The molecule has 3 aromatic rings. The SMILES string of the molecule is CC(C)c1ccc(OCC(=O)NCc2ccc(C(O)c3ccccc3)s2)cc1. The molecule has 1 heterocycles. The molecule has 1 atom stereocenters.